The average molecular weight is 398 g/mol. The SMILES string of the molecule is COc1cccc(OC(C)C(=O)Nc2cc(Cl)ccc2Oc2ccccc2)c1. The van der Waals surface area contributed by atoms with Crippen molar-refractivity contribution in [2.75, 3.05) is 12.4 Å². The number of ether oxygens (including phenoxy) is 3. The summed E-state index contributed by atoms with van der Waals surface area (Å²) in [6, 6.07) is 21.4. The molecule has 0 saturated carbocycles. The van der Waals surface area contributed by atoms with Crippen LogP contribution in [-0.4, -0.2) is 19.1 Å². The van der Waals surface area contributed by atoms with Crippen molar-refractivity contribution in [3.05, 3.63) is 77.8 Å². The Kier molecular flexibility index (Phi) is 6.40. The molecule has 0 aromatic heterocycles. The molecule has 0 aliphatic carbocycles. The fourth-order valence-corrected chi connectivity index (χ4v) is 2.64. The highest BCUT2D eigenvalue weighted by Gasteiger charge is 2.18. The van der Waals surface area contributed by atoms with Gasteiger partial charge in [0.1, 0.15) is 17.2 Å². The molecule has 1 amide bonds. The fourth-order valence-electron chi connectivity index (χ4n) is 2.47. The Morgan fingerprint density at radius 2 is 1.64 bits per heavy atom. The van der Waals surface area contributed by atoms with Gasteiger partial charge in [0.25, 0.3) is 5.91 Å². The number of anilines is 1. The van der Waals surface area contributed by atoms with Crippen LogP contribution in [0.15, 0.2) is 72.8 Å². The molecule has 144 valence electrons. The first kappa shape index (κ1) is 19.6. The van der Waals surface area contributed by atoms with Crippen LogP contribution in [0.4, 0.5) is 5.69 Å². The molecule has 28 heavy (non-hydrogen) atoms. The number of hydrogen-bond acceptors (Lipinski definition) is 4. The molecule has 1 atom stereocenters. The van der Waals surface area contributed by atoms with Gasteiger partial charge in [-0.25, -0.2) is 0 Å². The van der Waals surface area contributed by atoms with E-state index in [-0.39, 0.29) is 5.91 Å². The molecule has 1 N–H and O–H groups in total. The van der Waals surface area contributed by atoms with Crippen molar-refractivity contribution in [3.8, 4) is 23.0 Å². The number of benzene rings is 3. The third kappa shape index (κ3) is 5.18. The first-order chi connectivity index (χ1) is 13.5. The molecule has 0 fully saturated rings. The minimum absolute atomic E-state index is 0.331. The molecular weight excluding hydrogens is 378 g/mol. The number of para-hydroxylation sites is 1. The van der Waals surface area contributed by atoms with Crippen LogP contribution in [0, 0.1) is 0 Å². The molecule has 5 nitrogen and oxygen atoms in total. The van der Waals surface area contributed by atoms with Gasteiger partial charge in [-0.1, -0.05) is 35.9 Å². The van der Waals surface area contributed by atoms with E-state index < -0.39 is 6.10 Å². The zero-order valence-corrected chi connectivity index (χ0v) is 16.3. The summed E-state index contributed by atoms with van der Waals surface area (Å²) in [7, 11) is 1.57. The van der Waals surface area contributed by atoms with Crippen LogP contribution in [0.2, 0.25) is 5.02 Å². The maximum Gasteiger partial charge on any atom is 0.265 e. The topological polar surface area (TPSA) is 56.8 Å². The first-order valence-electron chi connectivity index (χ1n) is 8.69. The van der Waals surface area contributed by atoms with Gasteiger partial charge in [-0.2, -0.15) is 0 Å². The number of hydrogen-bond donors (Lipinski definition) is 1. The van der Waals surface area contributed by atoms with Gasteiger partial charge in [0, 0.05) is 11.1 Å². The number of halogens is 1. The van der Waals surface area contributed by atoms with Gasteiger partial charge in [-0.3, -0.25) is 4.79 Å². The summed E-state index contributed by atoms with van der Waals surface area (Å²) in [5.41, 5.74) is 0.461. The maximum atomic E-state index is 12.6. The predicted molar refractivity (Wildman–Crippen MR) is 110 cm³/mol. The summed E-state index contributed by atoms with van der Waals surface area (Å²) in [6.07, 6.45) is -0.740. The van der Waals surface area contributed by atoms with Crippen molar-refractivity contribution in [2.45, 2.75) is 13.0 Å². The van der Waals surface area contributed by atoms with E-state index in [1.807, 2.05) is 30.3 Å². The zero-order valence-electron chi connectivity index (χ0n) is 15.5. The van der Waals surface area contributed by atoms with Gasteiger partial charge >= 0.3 is 0 Å². The first-order valence-corrected chi connectivity index (χ1v) is 9.07. The lowest BCUT2D eigenvalue weighted by Gasteiger charge is -2.17. The van der Waals surface area contributed by atoms with Crippen LogP contribution >= 0.6 is 11.6 Å². The summed E-state index contributed by atoms with van der Waals surface area (Å²) >= 11 is 6.09. The number of methoxy groups -OCH3 is 1. The fraction of sp³-hybridized carbons (Fsp3) is 0.136. The second-order valence-electron chi connectivity index (χ2n) is 5.98. The number of nitrogens with one attached hydrogen (secondary N) is 1. The summed E-state index contributed by atoms with van der Waals surface area (Å²) in [5.74, 6) is 1.99. The molecule has 0 spiro atoms. The Morgan fingerprint density at radius 3 is 2.39 bits per heavy atom. The van der Waals surface area contributed by atoms with Crippen LogP contribution in [0.5, 0.6) is 23.0 Å². The van der Waals surface area contributed by atoms with E-state index in [0.717, 1.165) is 0 Å². The van der Waals surface area contributed by atoms with E-state index in [0.29, 0.717) is 33.7 Å². The van der Waals surface area contributed by atoms with E-state index in [9.17, 15) is 4.79 Å². The molecule has 0 aliphatic heterocycles. The largest absolute Gasteiger partial charge is 0.497 e. The van der Waals surface area contributed by atoms with Crippen molar-refractivity contribution in [1.82, 2.24) is 0 Å². The van der Waals surface area contributed by atoms with Crippen LogP contribution in [0.25, 0.3) is 0 Å². The normalized spacial score (nSPS) is 11.4. The molecule has 0 bridgehead atoms. The Labute approximate surface area is 168 Å². The monoisotopic (exact) mass is 397 g/mol. The maximum absolute atomic E-state index is 12.6. The molecule has 0 radical (unpaired) electrons. The summed E-state index contributed by atoms with van der Waals surface area (Å²) in [5, 5.41) is 3.30. The molecule has 6 heteroatoms. The molecule has 0 heterocycles. The molecule has 3 rings (SSSR count). The van der Waals surface area contributed by atoms with Crippen LogP contribution < -0.4 is 19.5 Å². The van der Waals surface area contributed by atoms with Gasteiger partial charge in [0.2, 0.25) is 0 Å². The Balaban J connectivity index is 1.72. The lowest BCUT2D eigenvalue weighted by molar-refractivity contribution is -0.122. The highest BCUT2D eigenvalue weighted by Crippen LogP contribution is 2.32. The van der Waals surface area contributed by atoms with Crippen molar-refractivity contribution >= 4 is 23.2 Å². The third-order valence-corrected chi connectivity index (χ3v) is 4.13. The second kappa shape index (κ2) is 9.15. The minimum Gasteiger partial charge on any atom is -0.497 e. The summed E-state index contributed by atoms with van der Waals surface area (Å²) in [4.78, 5) is 12.6. The van der Waals surface area contributed by atoms with Gasteiger partial charge in [0.15, 0.2) is 11.9 Å². The average Bonchev–Trinajstić information content (AvgIpc) is 2.71. The highest BCUT2D eigenvalue weighted by atomic mass is 35.5. The number of amides is 1. The van der Waals surface area contributed by atoms with Crippen molar-refractivity contribution < 1.29 is 19.0 Å². The van der Waals surface area contributed by atoms with Crippen molar-refractivity contribution in [1.29, 1.82) is 0 Å². The number of carbonyl (C=O) groups excluding carboxylic acids is 1. The Hall–Kier alpha value is -3.18. The van der Waals surface area contributed by atoms with Gasteiger partial charge in [0.05, 0.1) is 12.8 Å². The van der Waals surface area contributed by atoms with Gasteiger partial charge in [-0.05, 0) is 49.4 Å². The van der Waals surface area contributed by atoms with E-state index in [2.05, 4.69) is 5.32 Å². The summed E-state index contributed by atoms with van der Waals surface area (Å²) < 4.78 is 16.7. The smallest absolute Gasteiger partial charge is 0.265 e. The lowest BCUT2D eigenvalue weighted by Crippen LogP contribution is -2.30. The lowest BCUT2D eigenvalue weighted by atomic mass is 10.2. The molecule has 3 aromatic carbocycles. The zero-order chi connectivity index (χ0) is 19.9. The van der Waals surface area contributed by atoms with Crippen molar-refractivity contribution in [2.24, 2.45) is 0 Å². The standard InChI is InChI=1S/C22H20ClNO4/c1-15(27-19-10-6-9-18(14-19)26-2)22(25)24-20-13-16(23)11-12-21(20)28-17-7-4-3-5-8-17/h3-15H,1-2H3,(H,24,25). The van der Waals surface area contributed by atoms with Gasteiger partial charge < -0.3 is 19.5 Å². The van der Waals surface area contributed by atoms with Crippen LogP contribution in [0.3, 0.4) is 0 Å². The van der Waals surface area contributed by atoms with Gasteiger partial charge in [-0.15, -0.1) is 0 Å². The van der Waals surface area contributed by atoms with E-state index >= 15 is 0 Å². The molecule has 1 unspecified atom stereocenters. The Bertz CT molecular complexity index is 946. The quantitative estimate of drug-likeness (QED) is 0.568. The van der Waals surface area contributed by atoms with E-state index in [1.165, 1.54) is 0 Å². The molecule has 0 saturated heterocycles. The third-order valence-electron chi connectivity index (χ3n) is 3.89. The predicted octanol–water partition coefficient (Wildman–Crippen LogP) is 5.55. The van der Waals surface area contributed by atoms with Crippen LogP contribution in [0.1, 0.15) is 6.92 Å². The van der Waals surface area contributed by atoms with E-state index in [4.69, 9.17) is 25.8 Å². The number of rotatable bonds is 7. The molecule has 0 aliphatic rings. The Morgan fingerprint density at radius 1 is 0.929 bits per heavy atom. The summed E-state index contributed by atoms with van der Waals surface area (Å²) in [6.45, 7) is 1.66. The van der Waals surface area contributed by atoms with Crippen LogP contribution in [-0.2, 0) is 4.79 Å². The second-order valence-corrected chi connectivity index (χ2v) is 6.42. The highest BCUT2D eigenvalue weighted by molar-refractivity contribution is 6.31. The molecular formula is C22H20ClNO4. The minimum atomic E-state index is -0.740. The number of carbonyl (C=O) groups is 1. The molecule has 3 aromatic rings. The van der Waals surface area contributed by atoms with E-state index in [1.54, 1.807) is 56.5 Å². The van der Waals surface area contributed by atoms with Crippen molar-refractivity contribution in [3.63, 3.8) is 0 Å².